The number of hydrogen-bond donors (Lipinski definition) is 0. The average molecular weight is 477 g/mol. The van der Waals surface area contributed by atoms with Crippen molar-refractivity contribution in [3.63, 3.8) is 0 Å². The van der Waals surface area contributed by atoms with Gasteiger partial charge in [0.15, 0.2) is 5.58 Å². The Morgan fingerprint density at radius 1 is 0.943 bits per heavy atom. The minimum absolute atomic E-state index is 0.116. The Kier molecular flexibility index (Phi) is 7.09. The van der Waals surface area contributed by atoms with Gasteiger partial charge in [0.05, 0.1) is 12.8 Å². The molecule has 0 amide bonds. The third-order valence-corrected chi connectivity index (χ3v) is 7.19. The first-order valence-corrected chi connectivity index (χ1v) is 12.3. The van der Waals surface area contributed by atoms with Crippen LogP contribution in [0.25, 0.3) is 11.0 Å². The van der Waals surface area contributed by atoms with Gasteiger partial charge in [-0.1, -0.05) is 29.4 Å². The molecule has 0 saturated carbocycles. The second-order valence-electron chi connectivity index (χ2n) is 9.34. The summed E-state index contributed by atoms with van der Waals surface area (Å²) >= 11 is 0. The van der Waals surface area contributed by atoms with Gasteiger partial charge in [0, 0.05) is 17.2 Å². The van der Waals surface area contributed by atoms with E-state index in [4.69, 9.17) is 9.26 Å². The normalized spacial score (nSPS) is 15.2. The van der Waals surface area contributed by atoms with Crippen LogP contribution < -0.4 is 4.74 Å². The molecule has 182 valence electrons. The third-order valence-electron chi connectivity index (χ3n) is 7.19. The van der Waals surface area contributed by atoms with E-state index in [1.165, 1.54) is 24.3 Å². The number of fused-ring (bicyclic) bond motifs is 1. The highest BCUT2D eigenvalue weighted by Gasteiger charge is 2.25. The molecule has 0 N–H and O–H groups in total. The van der Waals surface area contributed by atoms with Crippen molar-refractivity contribution in [1.82, 2.24) is 10.1 Å². The number of halogens is 2. The highest BCUT2D eigenvalue weighted by Crippen LogP contribution is 2.35. The molecule has 0 spiro atoms. The van der Waals surface area contributed by atoms with Gasteiger partial charge < -0.3 is 14.2 Å². The van der Waals surface area contributed by atoms with Crippen LogP contribution in [0.1, 0.15) is 54.3 Å². The molecule has 0 atom stereocenters. The highest BCUT2D eigenvalue weighted by atomic mass is 19.1. The minimum atomic E-state index is -0.243. The zero-order chi connectivity index (χ0) is 24.2. The Morgan fingerprint density at radius 3 is 2.17 bits per heavy atom. The lowest BCUT2D eigenvalue weighted by molar-refractivity contribution is 0.205. The number of piperidine rings is 1. The molecule has 0 radical (unpaired) electrons. The molecule has 35 heavy (non-hydrogen) atoms. The Balaban J connectivity index is 1.19. The Hall–Kier alpha value is -3.25. The molecular weight excluding hydrogens is 446 g/mol. The van der Waals surface area contributed by atoms with Gasteiger partial charge in [-0.25, -0.2) is 8.78 Å². The standard InChI is InChI=1S/C29H30F2N2O2/c1-34-25-12-13-28-27(19-25)29(32-35-28)22-14-17-33(18-15-22)16-2-3-26(20-4-8-23(30)9-5-20)21-6-10-24(31)11-7-21/h4-13,19,22,26H,2-3,14-18H2,1H3. The molecule has 1 fully saturated rings. The monoisotopic (exact) mass is 476 g/mol. The molecule has 4 aromatic rings. The first-order valence-electron chi connectivity index (χ1n) is 12.3. The molecule has 1 saturated heterocycles. The molecule has 6 heteroatoms. The van der Waals surface area contributed by atoms with Crippen LogP contribution in [0, 0.1) is 11.6 Å². The largest absolute Gasteiger partial charge is 0.497 e. The smallest absolute Gasteiger partial charge is 0.167 e. The molecule has 2 heterocycles. The van der Waals surface area contributed by atoms with Crippen molar-refractivity contribution in [2.45, 2.75) is 37.5 Å². The van der Waals surface area contributed by atoms with Gasteiger partial charge in [-0.2, -0.15) is 0 Å². The van der Waals surface area contributed by atoms with E-state index in [9.17, 15) is 8.78 Å². The van der Waals surface area contributed by atoms with E-state index < -0.39 is 0 Å². The molecule has 1 aliphatic heterocycles. The second kappa shape index (κ2) is 10.6. The van der Waals surface area contributed by atoms with Gasteiger partial charge in [-0.3, -0.25) is 0 Å². The molecule has 1 aromatic heterocycles. The van der Waals surface area contributed by atoms with Crippen molar-refractivity contribution in [3.05, 3.63) is 95.2 Å². The number of benzene rings is 3. The Morgan fingerprint density at radius 2 is 1.57 bits per heavy atom. The maximum Gasteiger partial charge on any atom is 0.167 e. The van der Waals surface area contributed by atoms with Crippen LogP contribution in [0.3, 0.4) is 0 Å². The lowest BCUT2D eigenvalue weighted by Gasteiger charge is -2.31. The van der Waals surface area contributed by atoms with Gasteiger partial charge in [0.1, 0.15) is 17.4 Å². The summed E-state index contributed by atoms with van der Waals surface area (Å²) in [5, 5.41) is 5.43. The highest BCUT2D eigenvalue weighted by molar-refractivity contribution is 5.81. The molecule has 3 aromatic carbocycles. The van der Waals surface area contributed by atoms with Crippen LogP contribution in [0.5, 0.6) is 5.75 Å². The zero-order valence-electron chi connectivity index (χ0n) is 19.9. The summed E-state index contributed by atoms with van der Waals surface area (Å²) in [5.41, 5.74) is 3.96. The van der Waals surface area contributed by atoms with E-state index in [1.54, 1.807) is 7.11 Å². The van der Waals surface area contributed by atoms with E-state index >= 15 is 0 Å². The fourth-order valence-corrected chi connectivity index (χ4v) is 5.22. The predicted molar refractivity (Wildman–Crippen MR) is 133 cm³/mol. The number of nitrogens with zero attached hydrogens (tertiary/aromatic N) is 2. The van der Waals surface area contributed by atoms with Crippen molar-refractivity contribution in [3.8, 4) is 5.75 Å². The molecule has 0 bridgehead atoms. The lowest BCUT2D eigenvalue weighted by Crippen LogP contribution is -2.34. The summed E-state index contributed by atoms with van der Waals surface area (Å²) in [6.45, 7) is 3.03. The number of aromatic nitrogens is 1. The topological polar surface area (TPSA) is 38.5 Å². The first-order chi connectivity index (χ1) is 17.1. The van der Waals surface area contributed by atoms with Gasteiger partial charge in [0.2, 0.25) is 0 Å². The van der Waals surface area contributed by atoms with Crippen LogP contribution in [0.15, 0.2) is 71.3 Å². The Labute approximate surface area is 204 Å². The third kappa shape index (κ3) is 5.38. The fourth-order valence-electron chi connectivity index (χ4n) is 5.22. The van der Waals surface area contributed by atoms with E-state index in [0.717, 1.165) is 78.9 Å². The van der Waals surface area contributed by atoms with Crippen LogP contribution in [0.2, 0.25) is 0 Å². The summed E-state index contributed by atoms with van der Waals surface area (Å²) in [5.74, 6) is 0.827. The zero-order valence-corrected chi connectivity index (χ0v) is 19.9. The summed E-state index contributed by atoms with van der Waals surface area (Å²) in [7, 11) is 1.67. The molecule has 5 rings (SSSR count). The Bertz CT molecular complexity index is 1200. The summed E-state index contributed by atoms with van der Waals surface area (Å²) in [6.07, 6.45) is 4.01. The SMILES string of the molecule is COc1ccc2onc(C3CCN(CCCC(c4ccc(F)cc4)c4ccc(F)cc4)CC3)c2c1. The summed E-state index contributed by atoms with van der Waals surface area (Å²) < 4.78 is 37.9. The summed E-state index contributed by atoms with van der Waals surface area (Å²) in [4.78, 5) is 2.51. The number of methoxy groups -OCH3 is 1. The van der Waals surface area contributed by atoms with Crippen LogP contribution in [-0.2, 0) is 0 Å². The maximum absolute atomic E-state index is 13.5. The number of ether oxygens (including phenoxy) is 1. The van der Waals surface area contributed by atoms with Crippen LogP contribution in [0.4, 0.5) is 8.78 Å². The van der Waals surface area contributed by atoms with Gasteiger partial charge >= 0.3 is 0 Å². The van der Waals surface area contributed by atoms with Gasteiger partial charge in [-0.05, 0) is 98.9 Å². The van der Waals surface area contributed by atoms with Crippen LogP contribution >= 0.6 is 0 Å². The second-order valence-corrected chi connectivity index (χ2v) is 9.34. The molecular formula is C29H30F2N2O2. The van der Waals surface area contributed by atoms with Crippen molar-refractivity contribution in [2.75, 3.05) is 26.7 Å². The average Bonchev–Trinajstić information content (AvgIpc) is 3.32. The van der Waals surface area contributed by atoms with Crippen LogP contribution in [-0.4, -0.2) is 36.8 Å². The van der Waals surface area contributed by atoms with E-state index in [1.807, 2.05) is 42.5 Å². The molecule has 4 nitrogen and oxygen atoms in total. The van der Waals surface area contributed by atoms with Crippen molar-refractivity contribution >= 4 is 11.0 Å². The van der Waals surface area contributed by atoms with E-state index in [0.29, 0.717) is 5.92 Å². The maximum atomic E-state index is 13.5. The molecule has 0 aliphatic carbocycles. The van der Waals surface area contributed by atoms with Crippen molar-refractivity contribution < 1.29 is 18.0 Å². The number of hydrogen-bond acceptors (Lipinski definition) is 4. The fraction of sp³-hybridized carbons (Fsp3) is 0.345. The lowest BCUT2D eigenvalue weighted by atomic mass is 9.87. The number of rotatable bonds is 8. The van der Waals surface area contributed by atoms with Gasteiger partial charge in [-0.15, -0.1) is 0 Å². The molecule has 0 unspecified atom stereocenters. The van der Waals surface area contributed by atoms with E-state index in [-0.39, 0.29) is 17.6 Å². The summed E-state index contributed by atoms with van der Waals surface area (Å²) in [6, 6.07) is 19.2. The quantitative estimate of drug-likeness (QED) is 0.277. The van der Waals surface area contributed by atoms with Gasteiger partial charge in [0.25, 0.3) is 0 Å². The van der Waals surface area contributed by atoms with Crippen molar-refractivity contribution in [2.24, 2.45) is 0 Å². The number of likely N-dealkylation sites (tertiary alicyclic amines) is 1. The van der Waals surface area contributed by atoms with Crippen molar-refractivity contribution in [1.29, 1.82) is 0 Å². The predicted octanol–water partition coefficient (Wildman–Crippen LogP) is 6.91. The molecule has 1 aliphatic rings. The minimum Gasteiger partial charge on any atom is -0.497 e. The first kappa shape index (κ1) is 23.5. The van der Waals surface area contributed by atoms with E-state index in [2.05, 4.69) is 10.1 Å².